The average Bonchev–Trinajstić information content (AvgIpc) is 3.54. The largest absolute Gasteiger partial charge is 0.490 e. The summed E-state index contributed by atoms with van der Waals surface area (Å²) in [5.41, 5.74) is -0.919. The van der Waals surface area contributed by atoms with E-state index < -0.39 is 35.8 Å². The van der Waals surface area contributed by atoms with Crippen LogP contribution in [0, 0.1) is 34.4 Å². The molecule has 0 heterocycles. The Morgan fingerprint density at radius 2 is 1.74 bits per heavy atom. The van der Waals surface area contributed by atoms with Crippen molar-refractivity contribution in [3.05, 3.63) is 23.5 Å². The number of benzene rings is 1. The molecule has 10 heteroatoms. The Hall–Kier alpha value is -2.88. The molecule has 0 saturated heterocycles. The van der Waals surface area contributed by atoms with Crippen LogP contribution in [0.5, 0.6) is 11.5 Å². The van der Waals surface area contributed by atoms with E-state index in [4.69, 9.17) is 9.47 Å². The summed E-state index contributed by atoms with van der Waals surface area (Å²) in [5, 5.41) is 25.5. The molecule has 4 N–H and O–H groups in total. The number of aliphatic hydroxyl groups is 1. The van der Waals surface area contributed by atoms with E-state index in [2.05, 4.69) is 17.6 Å². The molecule has 4 unspecified atom stereocenters. The van der Waals surface area contributed by atoms with Crippen molar-refractivity contribution in [3.63, 3.8) is 0 Å². The number of ether oxygens (including phenoxy) is 2. The third kappa shape index (κ3) is 6.10. The molecule has 4 atom stereocenters. The Morgan fingerprint density at radius 1 is 1.05 bits per heavy atom. The number of aliphatic carboxylic acids is 1. The van der Waals surface area contributed by atoms with Gasteiger partial charge in [-0.3, -0.25) is 14.4 Å². The zero-order chi connectivity index (χ0) is 30.2. The quantitative estimate of drug-likeness (QED) is 0.300. The van der Waals surface area contributed by atoms with Gasteiger partial charge in [-0.2, -0.15) is 0 Å². The molecule has 4 aliphatic rings. The van der Waals surface area contributed by atoms with Gasteiger partial charge in [0.2, 0.25) is 5.91 Å². The number of carbonyl (C=O) groups excluding carboxylic acids is 2. The maximum atomic E-state index is 15.2. The fourth-order valence-electron chi connectivity index (χ4n) is 7.52. The molecule has 4 fully saturated rings. The highest BCUT2D eigenvalue weighted by molar-refractivity contribution is 5.98. The standard InChI is InChI=1S/C32H45FN2O7/c1-18(2)41-24-15-23(33)25(42-21-7-11-32(17-36,12-8-21)30(39)40)14-22(24)28(37)35-27-20-6-5-19(13-20)26(27)29(38)34-16-31(3)9-4-10-31/h14-15,18-21,26-27,36H,4-13,16-17H2,1-3H3,(H,34,38)(H,35,37)(H,39,40). The van der Waals surface area contributed by atoms with Gasteiger partial charge in [-0.05, 0) is 95.0 Å². The minimum absolute atomic E-state index is 0.0000202. The van der Waals surface area contributed by atoms with E-state index in [1.54, 1.807) is 13.8 Å². The van der Waals surface area contributed by atoms with Gasteiger partial charge < -0.3 is 30.3 Å². The van der Waals surface area contributed by atoms with Gasteiger partial charge in [-0.1, -0.05) is 13.3 Å². The number of aliphatic hydroxyl groups excluding tert-OH is 1. The van der Waals surface area contributed by atoms with Crippen molar-refractivity contribution < 1.29 is 38.5 Å². The van der Waals surface area contributed by atoms with E-state index in [-0.39, 0.29) is 71.1 Å². The Balaban J connectivity index is 1.32. The Kier molecular flexibility index (Phi) is 8.75. The first kappa shape index (κ1) is 30.6. The normalized spacial score (nSPS) is 31.3. The summed E-state index contributed by atoms with van der Waals surface area (Å²) < 4.78 is 27.0. The van der Waals surface area contributed by atoms with E-state index >= 15 is 4.39 Å². The minimum atomic E-state index is -1.21. The second-order valence-electron chi connectivity index (χ2n) is 13.7. The Labute approximate surface area is 246 Å². The minimum Gasteiger partial charge on any atom is -0.490 e. The molecule has 4 saturated carbocycles. The van der Waals surface area contributed by atoms with Crippen LogP contribution in [0.4, 0.5) is 4.39 Å². The third-order valence-electron chi connectivity index (χ3n) is 10.3. The van der Waals surface area contributed by atoms with Crippen molar-refractivity contribution in [2.45, 2.75) is 103 Å². The molecule has 1 aromatic carbocycles. The maximum absolute atomic E-state index is 15.2. The van der Waals surface area contributed by atoms with Crippen molar-refractivity contribution in [2.75, 3.05) is 13.2 Å². The predicted molar refractivity (Wildman–Crippen MR) is 153 cm³/mol. The molecule has 0 aliphatic heterocycles. The van der Waals surface area contributed by atoms with Crippen molar-refractivity contribution in [1.82, 2.24) is 10.6 Å². The smallest absolute Gasteiger partial charge is 0.311 e. The van der Waals surface area contributed by atoms with Crippen LogP contribution in [-0.2, 0) is 9.59 Å². The molecule has 2 bridgehead atoms. The maximum Gasteiger partial charge on any atom is 0.311 e. The lowest BCUT2D eigenvalue weighted by molar-refractivity contribution is -0.155. The molecule has 0 radical (unpaired) electrons. The molecule has 5 rings (SSSR count). The summed E-state index contributed by atoms with van der Waals surface area (Å²) in [5.74, 6) is -2.03. The number of amides is 2. The molecule has 232 valence electrons. The van der Waals surface area contributed by atoms with Crippen molar-refractivity contribution in [2.24, 2.45) is 28.6 Å². The number of rotatable bonds is 11. The van der Waals surface area contributed by atoms with Crippen molar-refractivity contribution in [1.29, 1.82) is 0 Å². The Bertz CT molecular complexity index is 1190. The number of carbonyl (C=O) groups is 3. The monoisotopic (exact) mass is 588 g/mol. The van der Waals surface area contributed by atoms with Crippen LogP contribution >= 0.6 is 0 Å². The highest BCUT2D eigenvalue weighted by Gasteiger charge is 2.52. The molecule has 9 nitrogen and oxygen atoms in total. The zero-order valence-corrected chi connectivity index (χ0v) is 24.9. The first-order valence-corrected chi connectivity index (χ1v) is 15.5. The summed E-state index contributed by atoms with van der Waals surface area (Å²) in [6.07, 6.45) is 6.57. The van der Waals surface area contributed by atoms with Gasteiger partial charge in [0.1, 0.15) is 5.75 Å². The molecule has 4 aliphatic carbocycles. The van der Waals surface area contributed by atoms with Gasteiger partial charge in [0.05, 0.1) is 35.7 Å². The number of halogens is 1. The Morgan fingerprint density at radius 3 is 2.33 bits per heavy atom. The van der Waals surface area contributed by atoms with Crippen molar-refractivity contribution in [3.8, 4) is 11.5 Å². The fraction of sp³-hybridized carbons (Fsp3) is 0.719. The SMILES string of the molecule is CC(C)Oc1cc(F)c(OC2CCC(CO)(C(=O)O)CC2)cc1C(=O)NC1C2CCC(C2)C1C(=O)NCC1(C)CCC1. The van der Waals surface area contributed by atoms with Crippen LogP contribution in [0.25, 0.3) is 0 Å². The zero-order valence-electron chi connectivity index (χ0n) is 24.9. The average molecular weight is 589 g/mol. The van der Waals surface area contributed by atoms with Gasteiger partial charge in [-0.25, -0.2) is 4.39 Å². The number of nitrogens with one attached hydrogen (secondary N) is 2. The first-order valence-electron chi connectivity index (χ1n) is 15.5. The van der Waals surface area contributed by atoms with E-state index in [0.29, 0.717) is 19.4 Å². The fourth-order valence-corrected chi connectivity index (χ4v) is 7.52. The lowest BCUT2D eigenvalue weighted by Gasteiger charge is -2.39. The van der Waals surface area contributed by atoms with Crippen LogP contribution in [-0.4, -0.2) is 59.4 Å². The molecular formula is C32H45FN2O7. The second-order valence-corrected chi connectivity index (χ2v) is 13.7. The van der Waals surface area contributed by atoms with Crippen LogP contribution < -0.4 is 20.1 Å². The van der Waals surface area contributed by atoms with E-state index in [9.17, 15) is 24.6 Å². The van der Waals surface area contributed by atoms with Gasteiger partial charge in [-0.15, -0.1) is 0 Å². The van der Waals surface area contributed by atoms with Gasteiger partial charge in [0.15, 0.2) is 11.6 Å². The number of hydrogen-bond donors (Lipinski definition) is 4. The van der Waals surface area contributed by atoms with Crippen LogP contribution in [0.3, 0.4) is 0 Å². The van der Waals surface area contributed by atoms with E-state index in [1.807, 2.05) is 0 Å². The summed E-state index contributed by atoms with van der Waals surface area (Å²) in [4.78, 5) is 38.8. The molecule has 0 aromatic heterocycles. The number of carboxylic acids is 1. The lowest BCUT2D eigenvalue weighted by atomic mass is 9.70. The third-order valence-corrected chi connectivity index (χ3v) is 10.3. The van der Waals surface area contributed by atoms with Gasteiger partial charge in [0, 0.05) is 18.7 Å². The van der Waals surface area contributed by atoms with Crippen LogP contribution in [0.1, 0.15) is 95.3 Å². The first-order chi connectivity index (χ1) is 19.9. The summed E-state index contributed by atoms with van der Waals surface area (Å²) in [6, 6.07) is 2.20. The molecule has 42 heavy (non-hydrogen) atoms. The lowest BCUT2D eigenvalue weighted by Crippen LogP contribution is -2.51. The molecule has 0 spiro atoms. The number of carboxylic acid groups (broad SMARTS) is 1. The molecular weight excluding hydrogens is 543 g/mol. The van der Waals surface area contributed by atoms with Gasteiger partial charge >= 0.3 is 5.97 Å². The number of hydrogen-bond acceptors (Lipinski definition) is 6. The second kappa shape index (κ2) is 12.0. The van der Waals surface area contributed by atoms with Crippen LogP contribution in [0.15, 0.2) is 12.1 Å². The summed E-state index contributed by atoms with van der Waals surface area (Å²) in [6.45, 7) is 5.97. The van der Waals surface area contributed by atoms with Gasteiger partial charge in [0.25, 0.3) is 5.91 Å². The summed E-state index contributed by atoms with van der Waals surface area (Å²) >= 11 is 0. The predicted octanol–water partition coefficient (Wildman–Crippen LogP) is 4.45. The summed E-state index contributed by atoms with van der Waals surface area (Å²) in [7, 11) is 0. The number of fused-ring (bicyclic) bond motifs is 2. The van der Waals surface area contributed by atoms with E-state index in [0.717, 1.165) is 38.2 Å². The molecule has 1 aromatic rings. The highest BCUT2D eigenvalue weighted by atomic mass is 19.1. The van der Waals surface area contributed by atoms with Crippen molar-refractivity contribution >= 4 is 17.8 Å². The molecule has 2 amide bonds. The topological polar surface area (TPSA) is 134 Å². The highest BCUT2D eigenvalue weighted by Crippen LogP contribution is 2.49. The van der Waals surface area contributed by atoms with E-state index in [1.165, 1.54) is 12.5 Å². The van der Waals surface area contributed by atoms with Crippen LogP contribution in [0.2, 0.25) is 0 Å².